The zero-order valence-electron chi connectivity index (χ0n) is 13.0. The van der Waals surface area contributed by atoms with Crippen molar-refractivity contribution in [2.75, 3.05) is 0 Å². The smallest absolute Gasteiger partial charge is 0.0379 e. The fraction of sp³-hybridized carbons (Fsp3) is 0.733. The van der Waals surface area contributed by atoms with Gasteiger partial charge in [0.15, 0.2) is 0 Å². The lowest BCUT2D eigenvalue weighted by atomic mass is 10.4. The summed E-state index contributed by atoms with van der Waals surface area (Å²) in [5.41, 5.74) is 0. The Morgan fingerprint density at radius 2 is 0.867 bits per heavy atom. The van der Waals surface area contributed by atoms with Crippen LogP contribution in [0, 0.1) is 0 Å². The summed E-state index contributed by atoms with van der Waals surface area (Å²) < 4.78 is 0. The Hall–Kier alpha value is -0.520. The topological polar surface area (TPSA) is 0 Å². The van der Waals surface area contributed by atoms with Gasteiger partial charge >= 0.3 is 0 Å². The standard InChI is InChI=1S/C5H10.C4H8.3C2H6/c1-3-5-4-2;1-3-4-2;3*1-2/h3,5H,4H2,1-2H3;3-4H,1-2H3;3*1-2H3/b5-3-;4-3-;;;. The van der Waals surface area contributed by atoms with E-state index in [0.29, 0.717) is 0 Å². The van der Waals surface area contributed by atoms with Gasteiger partial charge in [-0.15, -0.1) is 0 Å². The Balaban J connectivity index is -0.0000000301. The minimum absolute atomic E-state index is 1.16. The molecule has 0 rings (SSSR count). The van der Waals surface area contributed by atoms with Crippen molar-refractivity contribution < 1.29 is 0 Å². The molecular formula is C15H36. The van der Waals surface area contributed by atoms with E-state index in [1.165, 1.54) is 0 Å². The summed E-state index contributed by atoms with van der Waals surface area (Å²) in [6.07, 6.45) is 9.34. The molecule has 0 fully saturated rings. The van der Waals surface area contributed by atoms with Gasteiger partial charge in [-0.3, -0.25) is 0 Å². The van der Waals surface area contributed by atoms with Crippen LogP contribution in [0.3, 0.4) is 0 Å². The third-order valence-corrected chi connectivity index (χ3v) is 0.805. The van der Waals surface area contributed by atoms with Gasteiger partial charge in [0.2, 0.25) is 0 Å². The first kappa shape index (κ1) is 29.3. The average Bonchev–Trinajstić information content (AvgIpc) is 2.38. The number of hydrogen-bond acceptors (Lipinski definition) is 0. The third-order valence-electron chi connectivity index (χ3n) is 0.805. The summed E-state index contributed by atoms with van der Waals surface area (Å²) in [5.74, 6) is 0. The van der Waals surface area contributed by atoms with E-state index in [-0.39, 0.29) is 0 Å². The van der Waals surface area contributed by atoms with Crippen molar-refractivity contribution in [3.8, 4) is 0 Å². The lowest BCUT2D eigenvalue weighted by Gasteiger charge is -1.65. The Labute approximate surface area is 100 Å². The van der Waals surface area contributed by atoms with Crippen molar-refractivity contribution in [1.82, 2.24) is 0 Å². The molecule has 0 bridgehead atoms. The van der Waals surface area contributed by atoms with Crippen molar-refractivity contribution in [2.45, 2.75) is 75.7 Å². The molecule has 96 valence electrons. The molecule has 0 atom stereocenters. The molecule has 0 saturated heterocycles. The highest BCUT2D eigenvalue weighted by molar-refractivity contribution is 4.73. The van der Waals surface area contributed by atoms with Gasteiger partial charge in [-0.2, -0.15) is 0 Å². The normalized spacial score (nSPS) is 7.07. The van der Waals surface area contributed by atoms with Crippen molar-refractivity contribution in [1.29, 1.82) is 0 Å². The van der Waals surface area contributed by atoms with Crippen LogP contribution in [0.2, 0.25) is 0 Å². The number of rotatable bonds is 1. The van der Waals surface area contributed by atoms with Crippen molar-refractivity contribution in [2.24, 2.45) is 0 Å². The van der Waals surface area contributed by atoms with Crippen molar-refractivity contribution in [3.63, 3.8) is 0 Å². The van der Waals surface area contributed by atoms with Crippen LogP contribution in [-0.4, -0.2) is 0 Å². The molecule has 0 aromatic heterocycles. The highest BCUT2D eigenvalue weighted by Crippen LogP contribution is 1.73. The molecule has 0 aliphatic rings. The van der Waals surface area contributed by atoms with Crippen LogP contribution in [0.4, 0.5) is 0 Å². The second-order valence-electron chi connectivity index (χ2n) is 1.64. The predicted molar refractivity (Wildman–Crippen MR) is 79.6 cm³/mol. The summed E-state index contributed by atoms with van der Waals surface area (Å²) >= 11 is 0. The fourth-order valence-corrected chi connectivity index (χ4v) is 0.236. The second kappa shape index (κ2) is 105. The fourth-order valence-electron chi connectivity index (χ4n) is 0.236. The number of hydrogen-bond donors (Lipinski definition) is 0. The highest BCUT2D eigenvalue weighted by atomic mass is 13.6. The second-order valence-corrected chi connectivity index (χ2v) is 1.64. The van der Waals surface area contributed by atoms with Crippen LogP contribution < -0.4 is 0 Å². The summed E-state index contributed by atoms with van der Waals surface area (Å²) in [4.78, 5) is 0. The molecule has 0 heteroatoms. The molecule has 0 N–H and O–H groups in total. The van der Waals surface area contributed by atoms with E-state index in [2.05, 4.69) is 19.1 Å². The monoisotopic (exact) mass is 216 g/mol. The lowest BCUT2D eigenvalue weighted by Crippen LogP contribution is -1.43. The highest BCUT2D eigenvalue weighted by Gasteiger charge is 1.52. The molecule has 0 radical (unpaired) electrons. The molecule has 0 heterocycles. The van der Waals surface area contributed by atoms with E-state index in [4.69, 9.17) is 0 Å². The van der Waals surface area contributed by atoms with Gasteiger partial charge in [0, 0.05) is 0 Å². The Morgan fingerprint density at radius 1 is 0.600 bits per heavy atom. The zero-order valence-corrected chi connectivity index (χ0v) is 13.0. The van der Waals surface area contributed by atoms with E-state index in [0.717, 1.165) is 6.42 Å². The average molecular weight is 216 g/mol. The summed E-state index contributed by atoms with van der Waals surface area (Å²) in [5, 5.41) is 0. The summed E-state index contributed by atoms with van der Waals surface area (Å²) in [6, 6.07) is 0. The zero-order chi connectivity index (χ0) is 13.5. The van der Waals surface area contributed by atoms with Gasteiger partial charge in [0.05, 0.1) is 0 Å². The van der Waals surface area contributed by atoms with Gasteiger partial charge in [-0.25, -0.2) is 0 Å². The maximum Gasteiger partial charge on any atom is -0.0379 e. The van der Waals surface area contributed by atoms with Crippen LogP contribution in [0.15, 0.2) is 24.3 Å². The maximum atomic E-state index is 2.12. The molecule has 15 heavy (non-hydrogen) atoms. The minimum Gasteiger partial charge on any atom is -0.0919 e. The van der Waals surface area contributed by atoms with Crippen LogP contribution in [0.25, 0.3) is 0 Å². The lowest BCUT2D eigenvalue weighted by molar-refractivity contribution is 1.22. The van der Waals surface area contributed by atoms with E-state index < -0.39 is 0 Å². The number of allylic oxidation sites excluding steroid dienone is 4. The van der Waals surface area contributed by atoms with E-state index in [1.807, 2.05) is 74.5 Å². The summed E-state index contributed by atoms with van der Waals surface area (Å²) in [6.45, 7) is 20.2. The van der Waals surface area contributed by atoms with E-state index in [9.17, 15) is 0 Å². The maximum absolute atomic E-state index is 2.12. The van der Waals surface area contributed by atoms with Crippen molar-refractivity contribution in [3.05, 3.63) is 24.3 Å². The quantitative estimate of drug-likeness (QED) is 0.431. The molecular weight excluding hydrogens is 180 g/mol. The Kier molecular flexibility index (Phi) is 204. The predicted octanol–water partition coefficient (Wildman–Crippen LogP) is 6.63. The van der Waals surface area contributed by atoms with Gasteiger partial charge in [0.1, 0.15) is 0 Å². The van der Waals surface area contributed by atoms with Crippen LogP contribution in [0.5, 0.6) is 0 Å². The molecule has 0 aromatic rings. The first-order chi connectivity index (χ1) is 7.33. The van der Waals surface area contributed by atoms with Crippen LogP contribution in [0.1, 0.15) is 75.7 Å². The molecule has 0 aliphatic carbocycles. The molecule has 0 amide bonds. The van der Waals surface area contributed by atoms with Gasteiger partial charge < -0.3 is 0 Å². The molecule has 0 spiro atoms. The Bertz CT molecular complexity index is 64.1. The first-order valence-electron chi connectivity index (χ1n) is 6.51. The van der Waals surface area contributed by atoms with E-state index >= 15 is 0 Å². The minimum atomic E-state index is 1.16. The van der Waals surface area contributed by atoms with Crippen LogP contribution >= 0.6 is 0 Å². The molecule has 0 aliphatic heterocycles. The summed E-state index contributed by atoms with van der Waals surface area (Å²) in [7, 11) is 0. The first-order valence-corrected chi connectivity index (χ1v) is 6.51. The van der Waals surface area contributed by atoms with E-state index in [1.54, 1.807) is 0 Å². The van der Waals surface area contributed by atoms with Gasteiger partial charge in [-0.1, -0.05) is 72.8 Å². The van der Waals surface area contributed by atoms with Gasteiger partial charge in [-0.05, 0) is 27.2 Å². The molecule has 0 unspecified atom stereocenters. The molecule has 0 aromatic carbocycles. The third kappa shape index (κ3) is 289. The van der Waals surface area contributed by atoms with Crippen molar-refractivity contribution >= 4 is 0 Å². The molecule has 0 nitrogen and oxygen atoms in total. The SMILES string of the molecule is C/C=C\C.C/C=C\CC.CC.CC.CC. The molecule has 0 saturated carbocycles. The Morgan fingerprint density at radius 3 is 0.867 bits per heavy atom. The van der Waals surface area contributed by atoms with Crippen LogP contribution in [-0.2, 0) is 0 Å². The van der Waals surface area contributed by atoms with Gasteiger partial charge in [0.25, 0.3) is 0 Å². The largest absolute Gasteiger partial charge is 0.0919 e.